The smallest absolute Gasteiger partial charge is 0.248 e. The van der Waals surface area contributed by atoms with Crippen LogP contribution >= 0.6 is 0 Å². The molecule has 2 aromatic rings. The van der Waals surface area contributed by atoms with Crippen LogP contribution < -0.4 is 15.6 Å². The first kappa shape index (κ1) is 14.6. The van der Waals surface area contributed by atoms with Gasteiger partial charge in [0, 0.05) is 17.0 Å². The number of aromatic amines is 1. The lowest BCUT2D eigenvalue weighted by molar-refractivity contribution is 0.418. The molecular weight excluding hydrogens is 252 g/mol. The Bertz CT molecular complexity index is 654. The zero-order valence-corrected chi connectivity index (χ0v) is 12.5. The van der Waals surface area contributed by atoms with Crippen molar-refractivity contribution in [3.8, 4) is 5.75 Å². The molecule has 4 nitrogen and oxygen atoms in total. The SMILES string of the molecule is COc1ccc(CCNC(C)(C)C)c2ccc(=O)[nH]c12. The molecule has 2 N–H and O–H groups in total. The van der Waals surface area contributed by atoms with Crippen molar-refractivity contribution in [2.75, 3.05) is 13.7 Å². The average Bonchev–Trinajstić information content (AvgIpc) is 2.37. The minimum absolute atomic E-state index is 0.108. The summed E-state index contributed by atoms with van der Waals surface area (Å²) in [5.41, 5.74) is 1.97. The second-order valence-corrected chi connectivity index (χ2v) is 5.96. The topological polar surface area (TPSA) is 54.1 Å². The highest BCUT2D eigenvalue weighted by molar-refractivity contribution is 5.87. The summed E-state index contributed by atoms with van der Waals surface area (Å²) in [6.07, 6.45) is 0.907. The summed E-state index contributed by atoms with van der Waals surface area (Å²) in [6.45, 7) is 7.34. The minimum Gasteiger partial charge on any atom is -0.495 e. The van der Waals surface area contributed by atoms with Crippen molar-refractivity contribution in [1.82, 2.24) is 10.3 Å². The lowest BCUT2D eigenvalue weighted by atomic mass is 10.0. The van der Waals surface area contributed by atoms with E-state index in [1.807, 2.05) is 12.1 Å². The molecule has 1 aromatic heterocycles. The first-order valence-corrected chi connectivity index (χ1v) is 6.84. The molecule has 0 radical (unpaired) electrons. The van der Waals surface area contributed by atoms with Crippen LogP contribution in [0.25, 0.3) is 10.9 Å². The number of fused-ring (bicyclic) bond motifs is 1. The first-order valence-electron chi connectivity index (χ1n) is 6.84. The second kappa shape index (κ2) is 5.67. The van der Waals surface area contributed by atoms with E-state index in [1.54, 1.807) is 13.2 Å². The number of hydrogen-bond acceptors (Lipinski definition) is 3. The van der Waals surface area contributed by atoms with Gasteiger partial charge in [-0.15, -0.1) is 0 Å². The Labute approximate surface area is 119 Å². The molecule has 2 rings (SSSR count). The molecule has 4 heteroatoms. The summed E-state index contributed by atoms with van der Waals surface area (Å²) in [7, 11) is 1.61. The van der Waals surface area contributed by atoms with Gasteiger partial charge in [-0.25, -0.2) is 0 Å². The zero-order valence-electron chi connectivity index (χ0n) is 12.5. The van der Waals surface area contributed by atoms with Gasteiger partial charge in [0.15, 0.2) is 0 Å². The Balaban J connectivity index is 2.33. The standard InChI is InChI=1S/C16H22N2O2/c1-16(2,3)17-10-9-11-5-7-13(20-4)15-12(11)6-8-14(19)18-15/h5-8,17H,9-10H2,1-4H3,(H,18,19). The molecule has 0 aliphatic heterocycles. The van der Waals surface area contributed by atoms with Gasteiger partial charge in [-0.3, -0.25) is 4.79 Å². The molecule has 108 valence electrons. The van der Waals surface area contributed by atoms with Crippen LogP contribution in [0.5, 0.6) is 5.75 Å². The van der Waals surface area contributed by atoms with Crippen molar-refractivity contribution >= 4 is 10.9 Å². The molecular formula is C16H22N2O2. The van der Waals surface area contributed by atoms with Crippen LogP contribution in [0.3, 0.4) is 0 Å². The summed E-state index contributed by atoms with van der Waals surface area (Å²) in [4.78, 5) is 14.3. The molecule has 0 atom stereocenters. The van der Waals surface area contributed by atoms with Crippen LogP contribution in [0.15, 0.2) is 29.1 Å². The summed E-state index contributed by atoms with van der Waals surface area (Å²) >= 11 is 0. The molecule has 1 aromatic carbocycles. The predicted molar refractivity (Wildman–Crippen MR) is 82.6 cm³/mol. The number of hydrogen-bond donors (Lipinski definition) is 2. The largest absolute Gasteiger partial charge is 0.495 e. The van der Waals surface area contributed by atoms with Crippen molar-refractivity contribution in [2.24, 2.45) is 0 Å². The van der Waals surface area contributed by atoms with Gasteiger partial charge >= 0.3 is 0 Å². The second-order valence-electron chi connectivity index (χ2n) is 5.96. The molecule has 0 fully saturated rings. The number of methoxy groups -OCH3 is 1. The Kier molecular flexibility index (Phi) is 4.14. The summed E-state index contributed by atoms with van der Waals surface area (Å²) < 4.78 is 5.31. The Morgan fingerprint density at radius 1 is 1.20 bits per heavy atom. The lowest BCUT2D eigenvalue weighted by Gasteiger charge is -2.20. The number of ether oxygens (including phenoxy) is 1. The fraction of sp³-hybridized carbons (Fsp3) is 0.438. The van der Waals surface area contributed by atoms with E-state index in [-0.39, 0.29) is 11.1 Å². The van der Waals surface area contributed by atoms with Crippen LogP contribution in [0.2, 0.25) is 0 Å². The molecule has 1 heterocycles. The van der Waals surface area contributed by atoms with E-state index < -0.39 is 0 Å². The summed E-state index contributed by atoms with van der Waals surface area (Å²) in [5, 5.41) is 4.51. The van der Waals surface area contributed by atoms with Crippen molar-refractivity contribution in [2.45, 2.75) is 32.7 Å². The molecule has 0 saturated heterocycles. The third-order valence-electron chi connectivity index (χ3n) is 3.22. The Morgan fingerprint density at radius 3 is 2.60 bits per heavy atom. The number of nitrogens with one attached hydrogen (secondary N) is 2. The number of pyridine rings is 1. The molecule has 0 unspecified atom stereocenters. The number of rotatable bonds is 4. The molecule has 0 aliphatic carbocycles. The van der Waals surface area contributed by atoms with Crippen LogP contribution in [-0.2, 0) is 6.42 Å². The van der Waals surface area contributed by atoms with E-state index in [4.69, 9.17) is 4.74 Å². The monoisotopic (exact) mass is 274 g/mol. The highest BCUT2D eigenvalue weighted by atomic mass is 16.5. The van der Waals surface area contributed by atoms with Gasteiger partial charge in [0.25, 0.3) is 0 Å². The molecule has 0 aliphatic rings. The summed E-state index contributed by atoms with van der Waals surface area (Å²) in [6, 6.07) is 7.39. The maximum atomic E-state index is 11.5. The maximum Gasteiger partial charge on any atom is 0.248 e. The van der Waals surface area contributed by atoms with Gasteiger partial charge < -0.3 is 15.0 Å². The van der Waals surface area contributed by atoms with Gasteiger partial charge in [-0.05, 0) is 51.4 Å². The van der Waals surface area contributed by atoms with Crippen molar-refractivity contribution in [3.05, 3.63) is 40.2 Å². The maximum absolute atomic E-state index is 11.5. The van der Waals surface area contributed by atoms with E-state index in [9.17, 15) is 4.79 Å². The summed E-state index contributed by atoms with van der Waals surface area (Å²) in [5.74, 6) is 0.699. The Hall–Kier alpha value is -1.81. The highest BCUT2D eigenvalue weighted by Crippen LogP contribution is 2.25. The van der Waals surface area contributed by atoms with Crippen LogP contribution in [0, 0.1) is 0 Å². The van der Waals surface area contributed by atoms with E-state index in [1.165, 1.54) is 5.56 Å². The molecule has 0 saturated carbocycles. The molecule has 0 spiro atoms. The van der Waals surface area contributed by atoms with Crippen LogP contribution in [-0.4, -0.2) is 24.2 Å². The quantitative estimate of drug-likeness (QED) is 0.900. The van der Waals surface area contributed by atoms with Crippen LogP contribution in [0.1, 0.15) is 26.3 Å². The van der Waals surface area contributed by atoms with Gasteiger partial charge in [-0.1, -0.05) is 6.07 Å². The van der Waals surface area contributed by atoms with E-state index in [0.717, 1.165) is 23.9 Å². The fourth-order valence-corrected chi connectivity index (χ4v) is 2.25. The fourth-order valence-electron chi connectivity index (χ4n) is 2.25. The minimum atomic E-state index is -0.110. The van der Waals surface area contributed by atoms with E-state index in [2.05, 4.69) is 37.1 Å². The van der Waals surface area contributed by atoms with Crippen LogP contribution in [0.4, 0.5) is 0 Å². The zero-order chi connectivity index (χ0) is 14.8. The van der Waals surface area contributed by atoms with E-state index >= 15 is 0 Å². The number of H-pyrrole nitrogens is 1. The molecule has 0 amide bonds. The van der Waals surface area contributed by atoms with Crippen molar-refractivity contribution in [1.29, 1.82) is 0 Å². The third-order valence-corrected chi connectivity index (χ3v) is 3.22. The Morgan fingerprint density at radius 2 is 1.95 bits per heavy atom. The normalized spacial score (nSPS) is 11.8. The predicted octanol–water partition coefficient (Wildman–Crippen LogP) is 2.47. The lowest BCUT2D eigenvalue weighted by Crippen LogP contribution is -2.37. The molecule has 20 heavy (non-hydrogen) atoms. The van der Waals surface area contributed by atoms with Gasteiger partial charge in [0.05, 0.1) is 12.6 Å². The highest BCUT2D eigenvalue weighted by Gasteiger charge is 2.10. The number of aromatic nitrogens is 1. The third kappa shape index (κ3) is 3.39. The van der Waals surface area contributed by atoms with E-state index in [0.29, 0.717) is 5.75 Å². The average molecular weight is 274 g/mol. The van der Waals surface area contributed by atoms with Crippen molar-refractivity contribution < 1.29 is 4.74 Å². The number of benzene rings is 1. The van der Waals surface area contributed by atoms with Crippen molar-refractivity contribution in [3.63, 3.8) is 0 Å². The first-order chi connectivity index (χ1) is 9.40. The van der Waals surface area contributed by atoms with Gasteiger partial charge in [-0.2, -0.15) is 0 Å². The molecule has 0 bridgehead atoms. The van der Waals surface area contributed by atoms with Gasteiger partial charge in [0.1, 0.15) is 5.75 Å². The van der Waals surface area contributed by atoms with Gasteiger partial charge in [0.2, 0.25) is 5.56 Å².